The molecule has 0 saturated heterocycles. The first-order valence-corrected chi connectivity index (χ1v) is 6.07. The molecule has 94 valence electrons. The van der Waals surface area contributed by atoms with Crippen molar-refractivity contribution < 1.29 is 9.53 Å². The van der Waals surface area contributed by atoms with Crippen molar-refractivity contribution in [2.45, 2.75) is 26.9 Å². The normalized spacial score (nSPS) is 12.3. The molecule has 0 aliphatic rings. The Morgan fingerprint density at radius 1 is 1.35 bits per heavy atom. The van der Waals surface area contributed by atoms with Crippen LogP contribution in [-0.2, 0) is 4.79 Å². The molecule has 0 fully saturated rings. The number of hydrogen-bond acceptors (Lipinski definition) is 2. The number of carbonyl (C=O) groups is 1. The molecule has 0 heterocycles. The number of rotatable bonds is 5. The number of carbonyl (C=O) groups excluding carboxylic acids is 1. The fourth-order valence-electron chi connectivity index (χ4n) is 1.23. The van der Waals surface area contributed by atoms with Crippen LogP contribution in [-0.4, -0.2) is 18.6 Å². The molecule has 1 N–H and O–H groups in total. The van der Waals surface area contributed by atoms with Gasteiger partial charge in [0.15, 0.2) is 6.10 Å². The third-order valence-corrected chi connectivity index (χ3v) is 2.51. The van der Waals surface area contributed by atoms with E-state index in [9.17, 15) is 4.79 Å². The van der Waals surface area contributed by atoms with Crippen LogP contribution in [0.25, 0.3) is 0 Å². The maximum absolute atomic E-state index is 11.7. The van der Waals surface area contributed by atoms with Gasteiger partial charge in [-0.15, -0.1) is 0 Å². The Balaban J connectivity index is 2.51. The van der Waals surface area contributed by atoms with Crippen molar-refractivity contribution in [1.29, 1.82) is 0 Å². The number of para-hydroxylation sites is 1. The van der Waals surface area contributed by atoms with Gasteiger partial charge in [0, 0.05) is 6.54 Å². The molecule has 1 atom stereocenters. The Morgan fingerprint density at radius 2 is 2.00 bits per heavy atom. The Hall–Kier alpha value is -1.22. The molecular weight excluding hydrogens is 238 g/mol. The minimum absolute atomic E-state index is 0.126. The lowest BCUT2D eigenvalue weighted by Crippen LogP contribution is -2.38. The zero-order chi connectivity index (χ0) is 12.8. The minimum Gasteiger partial charge on any atom is -0.479 e. The van der Waals surface area contributed by atoms with E-state index in [-0.39, 0.29) is 5.91 Å². The summed E-state index contributed by atoms with van der Waals surface area (Å²) in [6.45, 7) is 6.44. The lowest BCUT2D eigenvalue weighted by molar-refractivity contribution is -0.127. The van der Waals surface area contributed by atoms with Crippen molar-refractivity contribution in [3.63, 3.8) is 0 Å². The Kier molecular flexibility index (Phi) is 5.29. The van der Waals surface area contributed by atoms with E-state index in [1.165, 1.54) is 0 Å². The van der Waals surface area contributed by atoms with Gasteiger partial charge in [-0.2, -0.15) is 0 Å². The quantitative estimate of drug-likeness (QED) is 0.879. The highest BCUT2D eigenvalue weighted by Gasteiger charge is 2.15. The average Bonchev–Trinajstić information content (AvgIpc) is 2.28. The van der Waals surface area contributed by atoms with Crippen LogP contribution in [0, 0.1) is 5.92 Å². The number of nitrogens with one attached hydrogen (secondary N) is 1. The van der Waals surface area contributed by atoms with E-state index >= 15 is 0 Å². The first-order valence-electron chi connectivity index (χ1n) is 5.69. The van der Waals surface area contributed by atoms with Crippen molar-refractivity contribution in [3.05, 3.63) is 29.3 Å². The number of hydrogen-bond donors (Lipinski definition) is 1. The number of amides is 1. The lowest BCUT2D eigenvalue weighted by Gasteiger charge is -2.16. The lowest BCUT2D eigenvalue weighted by atomic mass is 10.2. The van der Waals surface area contributed by atoms with Crippen molar-refractivity contribution >= 4 is 17.5 Å². The largest absolute Gasteiger partial charge is 0.479 e. The molecule has 0 spiro atoms. The van der Waals surface area contributed by atoms with Gasteiger partial charge in [-0.25, -0.2) is 0 Å². The summed E-state index contributed by atoms with van der Waals surface area (Å²) < 4.78 is 5.50. The molecule has 0 aliphatic heterocycles. The van der Waals surface area contributed by atoms with E-state index < -0.39 is 6.10 Å². The van der Waals surface area contributed by atoms with E-state index in [0.717, 1.165) is 0 Å². The predicted molar refractivity (Wildman–Crippen MR) is 69.4 cm³/mol. The highest BCUT2D eigenvalue weighted by molar-refractivity contribution is 6.32. The van der Waals surface area contributed by atoms with E-state index in [4.69, 9.17) is 16.3 Å². The second-order valence-electron chi connectivity index (χ2n) is 4.33. The van der Waals surface area contributed by atoms with E-state index in [1.807, 2.05) is 26.0 Å². The van der Waals surface area contributed by atoms with Crippen molar-refractivity contribution in [2.75, 3.05) is 6.54 Å². The molecule has 1 aromatic carbocycles. The van der Waals surface area contributed by atoms with Gasteiger partial charge in [-0.3, -0.25) is 4.79 Å². The molecule has 0 saturated carbocycles. The van der Waals surface area contributed by atoms with Crippen LogP contribution in [0.3, 0.4) is 0 Å². The summed E-state index contributed by atoms with van der Waals surface area (Å²) in [5.41, 5.74) is 0. The third kappa shape index (κ3) is 4.65. The molecular formula is C13H18ClNO2. The van der Waals surface area contributed by atoms with Crippen LogP contribution >= 0.6 is 11.6 Å². The maximum Gasteiger partial charge on any atom is 0.260 e. The first-order chi connectivity index (χ1) is 8.00. The standard InChI is InChI=1S/C13H18ClNO2/c1-9(2)8-15-13(16)10(3)17-12-7-5-4-6-11(12)14/h4-7,9-10H,8H2,1-3H3,(H,15,16). The summed E-state index contributed by atoms with van der Waals surface area (Å²) in [7, 11) is 0. The smallest absolute Gasteiger partial charge is 0.260 e. The van der Waals surface area contributed by atoms with Gasteiger partial charge in [0.25, 0.3) is 5.91 Å². The van der Waals surface area contributed by atoms with E-state index in [2.05, 4.69) is 5.32 Å². The molecule has 1 unspecified atom stereocenters. The molecule has 4 heteroatoms. The van der Waals surface area contributed by atoms with Crippen LogP contribution in [0.1, 0.15) is 20.8 Å². The fraction of sp³-hybridized carbons (Fsp3) is 0.462. The van der Waals surface area contributed by atoms with E-state index in [1.54, 1.807) is 19.1 Å². The zero-order valence-electron chi connectivity index (χ0n) is 10.4. The van der Waals surface area contributed by atoms with Crippen LogP contribution < -0.4 is 10.1 Å². The second kappa shape index (κ2) is 6.50. The fourth-order valence-corrected chi connectivity index (χ4v) is 1.41. The molecule has 17 heavy (non-hydrogen) atoms. The van der Waals surface area contributed by atoms with Gasteiger partial charge >= 0.3 is 0 Å². The summed E-state index contributed by atoms with van der Waals surface area (Å²) in [4.78, 5) is 11.7. The molecule has 1 amide bonds. The van der Waals surface area contributed by atoms with Gasteiger partial charge in [-0.1, -0.05) is 37.6 Å². The van der Waals surface area contributed by atoms with Gasteiger partial charge < -0.3 is 10.1 Å². The number of benzene rings is 1. The molecule has 0 radical (unpaired) electrons. The van der Waals surface area contributed by atoms with Crippen LogP contribution in [0.5, 0.6) is 5.75 Å². The highest BCUT2D eigenvalue weighted by Crippen LogP contribution is 2.24. The van der Waals surface area contributed by atoms with Crippen LogP contribution in [0.15, 0.2) is 24.3 Å². The van der Waals surface area contributed by atoms with Gasteiger partial charge in [0.2, 0.25) is 0 Å². The molecule has 0 bridgehead atoms. The summed E-state index contributed by atoms with van der Waals surface area (Å²) in [6, 6.07) is 7.11. The number of ether oxygens (including phenoxy) is 1. The van der Waals surface area contributed by atoms with E-state index in [0.29, 0.717) is 23.2 Å². The molecule has 1 rings (SSSR count). The van der Waals surface area contributed by atoms with Crippen molar-refractivity contribution in [1.82, 2.24) is 5.32 Å². The average molecular weight is 256 g/mol. The summed E-state index contributed by atoms with van der Waals surface area (Å²) in [5, 5.41) is 3.32. The summed E-state index contributed by atoms with van der Waals surface area (Å²) in [6.07, 6.45) is -0.548. The molecule has 1 aromatic rings. The van der Waals surface area contributed by atoms with Crippen molar-refractivity contribution in [3.8, 4) is 5.75 Å². The molecule has 0 aromatic heterocycles. The van der Waals surface area contributed by atoms with Gasteiger partial charge in [0.05, 0.1) is 5.02 Å². The molecule has 3 nitrogen and oxygen atoms in total. The minimum atomic E-state index is -0.548. The monoisotopic (exact) mass is 255 g/mol. The SMILES string of the molecule is CC(C)CNC(=O)C(C)Oc1ccccc1Cl. The summed E-state index contributed by atoms with van der Waals surface area (Å²) >= 11 is 5.94. The maximum atomic E-state index is 11.7. The van der Waals surface area contributed by atoms with Gasteiger partial charge in [0.1, 0.15) is 5.75 Å². The second-order valence-corrected chi connectivity index (χ2v) is 4.74. The van der Waals surface area contributed by atoms with Crippen LogP contribution in [0.4, 0.5) is 0 Å². The predicted octanol–water partition coefficient (Wildman–Crippen LogP) is 2.88. The topological polar surface area (TPSA) is 38.3 Å². The highest BCUT2D eigenvalue weighted by atomic mass is 35.5. The third-order valence-electron chi connectivity index (χ3n) is 2.19. The Bertz CT molecular complexity index is 379. The Morgan fingerprint density at radius 3 is 2.59 bits per heavy atom. The zero-order valence-corrected chi connectivity index (χ0v) is 11.1. The Labute approximate surface area is 107 Å². The first kappa shape index (κ1) is 13.8. The van der Waals surface area contributed by atoms with Crippen molar-refractivity contribution in [2.24, 2.45) is 5.92 Å². The molecule has 0 aliphatic carbocycles. The van der Waals surface area contributed by atoms with Crippen LogP contribution in [0.2, 0.25) is 5.02 Å². The van der Waals surface area contributed by atoms with Gasteiger partial charge in [-0.05, 0) is 25.0 Å². The number of halogens is 1. The summed E-state index contributed by atoms with van der Waals surface area (Å²) in [5.74, 6) is 0.825.